The Bertz CT molecular complexity index is 1520. The summed E-state index contributed by atoms with van der Waals surface area (Å²) in [7, 11) is -3.97. The van der Waals surface area contributed by atoms with Crippen LogP contribution in [0.2, 0.25) is 5.02 Å². The number of fused-ring (bicyclic) bond motifs is 1. The number of carbonyl (C=O) groups excluding carboxylic acids is 1. The largest absolute Gasteiger partial charge is 0.381 e. The van der Waals surface area contributed by atoms with Crippen LogP contribution >= 0.6 is 11.6 Å². The van der Waals surface area contributed by atoms with Gasteiger partial charge in [-0.15, -0.1) is 6.58 Å². The molecule has 1 fully saturated rings. The van der Waals surface area contributed by atoms with Gasteiger partial charge in [0.25, 0.3) is 0 Å². The molecule has 3 heterocycles. The van der Waals surface area contributed by atoms with E-state index >= 15 is 4.39 Å². The van der Waals surface area contributed by atoms with E-state index in [1.54, 1.807) is 19.9 Å². The summed E-state index contributed by atoms with van der Waals surface area (Å²) in [6, 6.07) is 14.0. The lowest BCUT2D eigenvalue weighted by Crippen LogP contribution is -2.50. The Labute approximate surface area is 227 Å². The second kappa shape index (κ2) is 9.59. The molecule has 5 rings (SSSR count). The van der Waals surface area contributed by atoms with Crippen LogP contribution in [0.5, 0.6) is 0 Å². The summed E-state index contributed by atoms with van der Waals surface area (Å²) in [6.07, 6.45) is 3.23. The Morgan fingerprint density at radius 2 is 1.79 bits per heavy atom. The molecule has 0 bridgehead atoms. The summed E-state index contributed by atoms with van der Waals surface area (Å²) in [4.78, 5) is 19.5. The summed E-state index contributed by atoms with van der Waals surface area (Å²) in [5.74, 6) is -1.28. The lowest BCUT2D eigenvalue weighted by Gasteiger charge is -2.43. The molecule has 2 aliphatic rings. The third-order valence-corrected chi connectivity index (χ3v) is 10.5. The predicted molar refractivity (Wildman–Crippen MR) is 144 cm³/mol. The number of halogens is 2. The highest BCUT2D eigenvalue weighted by molar-refractivity contribution is 7.92. The number of rotatable bonds is 5. The maximum absolute atomic E-state index is 16.0. The van der Waals surface area contributed by atoms with Crippen LogP contribution in [-0.2, 0) is 29.5 Å². The SMILES string of the molecule is C=CC1c2ccccc2C(C)(C)C(=O)N1c1ncc(C2(S(=O)(=O)c3ccc(Cl)cc3)CCOCC2)cc1F. The molecule has 1 amide bonds. The van der Waals surface area contributed by atoms with Gasteiger partial charge in [0.05, 0.1) is 16.4 Å². The van der Waals surface area contributed by atoms with E-state index in [-0.39, 0.29) is 48.2 Å². The average molecular weight is 555 g/mol. The maximum atomic E-state index is 16.0. The number of hydrogen-bond acceptors (Lipinski definition) is 5. The first-order chi connectivity index (χ1) is 18.0. The number of ether oxygens (including phenoxy) is 1. The van der Waals surface area contributed by atoms with Crippen molar-refractivity contribution in [3.05, 3.63) is 101 Å². The Hall–Kier alpha value is -3.07. The van der Waals surface area contributed by atoms with Crippen molar-refractivity contribution in [2.24, 2.45) is 0 Å². The van der Waals surface area contributed by atoms with Crippen LogP contribution in [0.3, 0.4) is 0 Å². The highest BCUT2D eigenvalue weighted by Gasteiger charge is 2.49. The van der Waals surface area contributed by atoms with Crippen LogP contribution in [0, 0.1) is 5.82 Å². The molecule has 1 atom stereocenters. The Kier molecular flexibility index (Phi) is 6.70. The number of benzene rings is 2. The summed E-state index contributed by atoms with van der Waals surface area (Å²) in [5, 5.41) is 0.412. The zero-order valence-electron chi connectivity index (χ0n) is 21.2. The van der Waals surface area contributed by atoms with Gasteiger partial charge in [-0.3, -0.25) is 9.69 Å². The summed E-state index contributed by atoms with van der Waals surface area (Å²) in [5.41, 5.74) is 0.973. The first-order valence-corrected chi connectivity index (χ1v) is 14.2. The maximum Gasteiger partial charge on any atom is 0.239 e. The van der Waals surface area contributed by atoms with Crippen molar-refractivity contribution in [3.63, 3.8) is 0 Å². The monoisotopic (exact) mass is 554 g/mol. The molecular formula is C29H28ClFN2O4S. The van der Waals surface area contributed by atoms with E-state index < -0.39 is 31.9 Å². The fourth-order valence-electron chi connectivity index (χ4n) is 5.58. The number of hydrogen-bond donors (Lipinski definition) is 0. The van der Waals surface area contributed by atoms with Crippen LogP contribution in [-0.4, -0.2) is 32.5 Å². The van der Waals surface area contributed by atoms with Crippen molar-refractivity contribution in [3.8, 4) is 0 Å². The van der Waals surface area contributed by atoms with Crippen LogP contribution in [0.1, 0.15) is 49.4 Å². The van der Waals surface area contributed by atoms with Gasteiger partial charge in [0.1, 0.15) is 4.75 Å². The molecule has 6 nitrogen and oxygen atoms in total. The number of amides is 1. The van der Waals surface area contributed by atoms with Crippen LogP contribution in [0.4, 0.5) is 10.2 Å². The Balaban J connectivity index is 1.63. The Morgan fingerprint density at radius 3 is 2.42 bits per heavy atom. The van der Waals surface area contributed by atoms with Crippen molar-refractivity contribution in [1.29, 1.82) is 0 Å². The van der Waals surface area contributed by atoms with Gasteiger partial charge in [0, 0.05) is 24.4 Å². The van der Waals surface area contributed by atoms with Gasteiger partial charge in [-0.2, -0.15) is 0 Å². The molecule has 2 aliphatic heterocycles. The normalized spacial score (nSPS) is 20.6. The molecule has 1 unspecified atom stereocenters. The zero-order chi connectivity index (χ0) is 27.3. The molecule has 0 spiro atoms. The van der Waals surface area contributed by atoms with Gasteiger partial charge in [0.2, 0.25) is 5.91 Å². The molecular weight excluding hydrogens is 527 g/mol. The summed E-state index contributed by atoms with van der Waals surface area (Å²) in [6.45, 7) is 7.88. The molecule has 198 valence electrons. The molecule has 0 aliphatic carbocycles. The van der Waals surface area contributed by atoms with Gasteiger partial charge < -0.3 is 4.74 Å². The van der Waals surface area contributed by atoms with Crippen molar-refractivity contribution in [1.82, 2.24) is 4.98 Å². The highest BCUT2D eigenvalue weighted by atomic mass is 35.5. The molecule has 0 radical (unpaired) electrons. The van der Waals surface area contributed by atoms with Crippen LogP contribution in [0.15, 0.2) is 78.3 Å². The topological polar surface area (TPSA) is 76.6 Å². The minimum absolute atomic E-state index is 0.0876. The van der Waals surface area contributed by atoms with E-state index in [4.69, 9.17) is 16.3 Å². The predicted octanol–water partition coefficient (Wildman–Crippen LogP) is 5.91. The number of carbonyl (C=O) groups is 1. The number of nitrogens with zero attached hydrogens (tertiary/aromatic N) is 2. The van der Waals surface area contributed by atoms with E-state index in [2.05, 4.69) is 11.6 Å². The van der Waals surface area contributed by atoms with Gasteiger partial charge >= 0.3 is 0 Å². The van der Waals surface area contributed by atoms with E-state index in [1.165, 1.54) is 41.4 Å². The molecule has 9 heteroatoms. The molecule has 2 aromatic carbocycles. The zero-order valence-corrected chi connectivity index (χ0v) is 22.7. The van der Waals surface area contributed by atoms with E-state index in [0.717, 1.165) is 11.1 Å². The number of pyridine rings is 1. The first-order valence-electron chi connectivity index (χ1n) is 12.3. The smallest absolute Gasteiger partial charge is 0.239 e. The summed E-state index contributed by atoms with van der Waals surface area (Å²) >= 11 is 5.98. The average Bonchev–Trinajstić information content (AvgIpc) is 2.91. The van der Waals surface area contributed by atoms with Gasteiger partial charge in [-0.25, -0.2) is 17.8 Å². The number of anilines is 1. The van der Waals surface area contributed by atoms with Gasteiger partial charge in [-0.1, -0.05) is 41.9 Å². The lowest BCUT2D eigenvalue weighted by atomic mass is 9.75. The van der Waals surface area contributed by atoms with Crippen molar-refractivity contribution in [2.45, 2.75) is 47.8 Å². The molecule has 0 N–H and O–H groups in total. The van der Waals surface area contributed by atoms with E-state index in [9.17, 15) is 13.2 Å². The van der Waals surface area contributed by atoms with Crippen molar-refractivity contribution in [2.75, 3.05) is 18.1 Å². The fourth-order valence-corrected chi connectivity index (χ4v) is 7.77. The van der Waals surface area contributed by atoms with Crippen molar-refractivity contribution >= 4 is 33.2 Å². The van der Waals surface area contributed by atoms with Crippen molar-refractivity contribution < 1.29 is 22.3 Å². The second-order valence-electron chi connectivity index (χ2n) is 10.2. The minimum atomic E-state index is -3.97. The Morgan fingerprint density at radius 1 is 1.13 bits per heavy atom. The standard InChI is InChI=1S/C29H28ClFN2O4S/c1-4-25-22-7-5-6-8-23(22)28(2,3)27(34)33(25)26-24(31)17-19(18-32-26)29(13-15-37-16-14-29)38(35,36)21-11-9-20(30)10-12-21/h4-12,17-18,25H,1,13-16H2,2-3H3. The third-order valence-electron chi connectivity index (χ3n) is 7.72. The second-order valence-corrected chi connectivity index (χ2v) is 12.9. The van der Waals surface area contributed by atoms with E-state index in [0.29, 0.717) is 5.02 Å². The molecule has 1 aromatic heterocycles. The fraction of sp³-hybridized carbons (Fsp3) is 0.310. The summed E-state index contributed by atoms with van der Waals surface area (Å²) < 4.78 is 47.9. The third kappa shape index (κ3) is 3.97. The first kappa shape index (κ1) is 26.5. The quantitative estimate of drug-likeness (QED) is 0.367. The van der Waals surface area contributed by atoms with Gasteiger partial charge in [0.15, 0.2) is 21.5 Å². The van der Waals surface area contributed by atoms with Crippen LogP contribution in [0.25, 0.3) is 0 Å². The minimum Gasteiger partial charge on any atom is -0.381 e. The van der Waals surface area contributed by atoms with Crippen LogP contribution < -0.4 is 4.90 Å². The molecule has 3 aromatic rings. The van der Waals surface area contributed by atoms with Gasteiger partial charge in [-0.05, 0) is 73.7 Å². The molecule has 38 heavy (non-hydrogen) atoms. The highest BCUT2D eigenvalue weighted by Crippen LogP contribution is 2.46. The lowest BCUT2D eigenvalue weighted by molar-refractivity contribution is -0.124. The molecule has 0 saturated carbocycles. The molecule has 1 saturated heterocycles. The number of aromatic nitrogens is 1. The van der Waals surface area contributed by atoms with E-state index in [1.807, 2.05) is 24.3 Å². The number of sulfone groups is 1.